The van der Waals surface area contributed by atoms with Gasteiger partial charge in [0.25, 0.3) is 0 Å². The highest BCUT2D eigenvalue weighted by Gasteiger charge is 2.14. The fourth-order valence-electron chi connectivity index (χ4n) is 2.30. The summed E-state index contributed by atoms with van der Waals surface area (Å²) in [6, 6.07) is -0.156. The highest BCUT2D eigenvalue weighted by molar-refractivity contribution is 7.11. The van der Waals surface area contributed by atoms with Crippen LogP contribution in [0.2, 0.25) is 0 Å². The number of carbonyl (C=O) groups is 1. The Bertz CT molecular complexity index is 411. The van der Waals surface area contributed by atoms with Crippen LogP contribution >= 0.6 is 11.3 Å². The van der Waals surface area contributed by atoms with Crippen molar-refractivity contribution in [1.82, 2.24) is 15.6 Å². The molecule has 20 heavy (non-hydrogen) atoms. The molecule has 0 atom stereocenters. The van der Waals surface area contributed by atoms with Crippen LogP contribution in [0.3, 0.4) is 0 Å². The summed E-state index contributed by atoms with van der Waals surface area (Å²) in [6.07, 6.45) is 7.35. The number of nitrogens with one attached hydrogen (secondary N) is 2. The lowest BCUT2D eigenvalue weighted by atomic mass is 10.0. The van der Waals surface area contributed by atoms with Crippen LogP contribution in [0.15, 0.2) is 0 Å². The van der Waals surface area contributed by atoms with E-state index in [1.807, 2.05) is 11.3 Å². The molecule has 1 aliphatic rings. The van der Waals surface area contributed by atoms with Crippen LogP contribution in [0.1, 0.15) is 41.3 Å². The fraction of sp³-hybridized carbons (Fsp3) is 0.714. The highest BCUT2D eigenvalue weighted by Crippen LogP contribution is 2.27. The van der Waals surface area contributed by atoms with Crippen molar-refractivity contribution in [3.8, 4) is 0 Å². The summed E-state index contributed by atoms with van der Waals surface area (Å²) < 4.78 is 0. The summed E-state index contributed by atoms with van der Waals surface area (Å²) in [5, 5.41) is 15.3. The van der Waals surface area contributed by atoms with E-state index >= 15 is 0 Å². The molecule has 2 rings (SSSR count). The number of aromatic nitrogens is 1. The molecule has 0 fully saturated rings. The number of hydrogen-bond donors (Lipinski definition) is 3. The van der Waals surface area contributed by atoms with Crippen LogP contribution in [-0.2, 0) is 19.3 Å². The van der Waals surface area contributed by atoms with Crippen molar-refractivity contribution in [1.29, 1.82) is 0 Å². The number of carbonyl (C=O) groups excluding carboxylic acids is 1. The monoisotopic (exact) mass is 297 g/mol. The predicted octanol–water partition coefficient (Wildman–Crippen LogP) is 1.64. The molecular formula is C14H23N3O2S. The van der Waals surface area contributed by atoms with E-state index in [1.165, 1.54) is 34.8 Å². The highest BCUT2D eigenvalue weighted by atomic mass is 32.1. The van der Waals surface area contributed by atoms with Crippen molar-refractivity contribution in [2.75, 3.05) is 19.7 Å². The molecule has 5 nitrogen and oxygen atoms in total. The van der Waals surface area contributed by atoms with Crippen molar-refractivity contribution in [3.63, 3.8) is 0 Å². The van der Waals surface area contributed by atoms with E-state index in [9.17, 15) is 4.79 Å². The Labute approximate surface area is 123 Å². The molecule has 0 aromatic carbocycles. The minimum absolute atomic E-state index is 0.106. The number of thiazole rings is 1. The van der Waals surface area contributed by atoms with Gasteiger partial charge in [-0.15, -0.1) is 11.3 Å². The van der Waals surface area contributed by atoms with Gasteiger partial charge in [0.2, 0.25) is 0 Å². The second-order valence-electron chi connectivity index (χ2n) is 5.05. The largest absolute Gasteiger partial charge is 0.396 e. The Morgan fingerprint density at radius 1 is 1.20 bits per heavy atom. The number of fused-ring (bicyclic) bond motifs is 1. The van der Waals surface area contributed by atoms with Gasteiger partial charge < -0.3 is 15.7 Å². The minimum atomic E-state index is -0.156. The van der Waals surface area contributed by atoms with Crippen molar-refractivity contribution in [2.24, 2.45) is 0 Å². The maximum absolute atomic E-state index is 11.4. The zero-order valence-corrected chi connectivity index (χ0v) is 12.6. The Morgan fingerprint density at radius 2 is 1.95 bits per heavy atom. The first-order valence-electron chi connectivity index (χ1n) is 7.39. The Kier molecular flexibility index (Phi) is 6.26. The lowest BCUT2D eigenvalue weighted by Gasteiger charge is -2.06. The molecule has 1 heterocycles. The van der Waals surface area contributed by atoms with Gasteiger partial charge in [-0.2, -0.15) is 0 Å². The van der Waals surface area contributed by atoms with E-state index < -0.39 is 0 Å². The lowest BCUT2D eigenvalue weighted by molar-refractivity contribution is 0.238. The van der Waals surface area contributed by atoms with Crippen molar-refractivity contribution < 1.29 is 9.90 Å². The van der Waals surface area contributed by atoms with Crippen LogP contribution in [0.5, 0.6) is 0 Å². The smallest absolute Gasteiger partial charge is 0.314 e. The van der Waals surface area contributed by atoms with Gasteiger partial charge in [0, 0.05) is 31.0 Å². The molecule has 0 aliphatic heterocycles. The summed E-state index contributed by atoms with van der Waals surface area (Å²) in [5.74, 6) is 0. The number of aliphatic hydroxyl groups is 1. The normalized spacial score (nSPS) is 13.8. The average molecular weight is 297 g/mol. The molecule has 0 bridgehead atoms. The van der Waals surface area contributed by atoms with Crippen LogP contribution in [0.25, 0.3) is 0 Å². The number of aliphatic hydroxyl groups excluding tert-OH is 1. The van der Waals surface area contributed by atoms with Gasteiger partial charge in [0.05, 0.1) is 10.7 Å². The third-order valence-electron chi connectivity index (χ3n) is 3.36. The fourth-order valence-corrected chi connectivity index (χ4v) is 3.50. The topological polar surface area (TPSA) is 74.2 Å². The third-order valence-corrected chi connectivity index (χ3v) is 4.58. The Hall–Kier alpha value is -1.14. The summed E-state index contributed by atoms with van der Waals surface area (Å²) in [7, 11) is 0. The molecule has 0 spiro atoms. The Morgan fingerprint density at radius 3 is 2.70 bits per heavy atom. The first-order valence-corrected chi connectivity index (χ1v) is 8.21. The molecule has 0 unspecified atom stereocenters. The van der Waals surface area contributed by atoms with Crippen molar-refractivity contribution >= 4 is 17.4 Å². The summed E-state index contributed by atoms with van der Waals surface area (Å²) in [5.41, 5.74) is 1.31. The second-order valence-corrected chi connectivity index (χ2v) is 6.22. The molecule has 1 aliphatic carbocycles. The maximum Gasteiger partial charge on any atom is 0.314 e. The average Bonchev–Trinajstić information content (AvgIpc) is 2.86. The van der Waals surface area contributed by atoms with E-state index in [0.717, 1.165) is 19.3 Å². The number of urea groups is 1. The minimum Gasteiger partial charge on any atom is -0.396 e. The number of hydrogen-bond acceptors (Lipinski definition) is 4. The first-order chi connectivity index (χ1) is 9.79. The molecule has 2 amide bonds. The third kappa shape index (κ3) is 4.76. The van der Waals surface area contributed by atoms with Gasteiger partial charge in [-0.05, 0) is 38.5 Å². The standard InChI is InChI=1S/C14H23N3O2S/c18-10-4-9-16-14(19)15-8-3-7-13-17-11-5-1-2-6-12(11)20-13/h18H,1-10H2,(H2,15,16,19). The van der Waals surface area contributed by atoms with E-state index in [2.05, 4.69) is 10.6 Å². The van der Waals surface area contributed by atoms with Gasteiger partial charge in [0.1, 0.15) is 0 Å². The number of rotatable bonds is 7. The summed E-state index contributed by atoms with van der Waals surface area (Å²) in [6.45, 7) is 1.28. The zero-order valence-electron chi connectivity index (χ0n) is 11.8. The van der Waals surface area contributed by atoms with Gasteiger partial charge in [-0.3, -0.25) is 0 Å². The molecular weight excluding hydrogens is 274 g/mol. The molecule has 6 heteroatoms. The van der Waals surface area contributed by atoms with Crippen LogP contribution in [0, 0.1) is 0 Å². The van der Waals surface area contributed by atoms with Crippen molar-refractivity contribution in [2.45, 2.75) is 44.9 Å². The molecule has 3 N–H and O–H groups in total. The van der Waals surface area contributed by atoms with Gasteiger partial charge in [-0.1, -0.05) is 0 Å². The van der Waals surface area contributed by atoms with E-state index in [1.54, 1.807) is 0 Å². The van der Waals surface area contributed by atoms with Gasteiger partial charge >= 0.3 is 6.03 Å². The molecule has 1 aromatic heterocycles. The predicted molar refractivity (Wildman–Crippen MR) is 80.2 cm³/mol. The molecule has 0 saturated carbocycles. The molecule has 0 radical (unpaired) electrons. The number of amides is 2. The van der Waals surface area contributed by atoms with Crippen molar-refractivity contribution in [3.05, 3.63) is 15.6 Å². The Balaban J connectivity index is 1.61. The maximum atomic E-state index is 11.4. The van der Waals surface area contributed by atoms with Crippen LogP contribution < -0.4 is 10.6 Å². The van der Waals surface area contributed by atoms with Gasteiger partial charge in [-0.25, -0.2) is 9.78 Å². The second kappa shape index (κ2) is 8.21. The molecule has 1 aromatic rings. The van der Waals surface area contributed by atoms with E-state index in [0.29, 0.717) is 19.5 Å². The molecule has 0 saturated heterocycles. The van der Waals surface area contributed by atoms with Crippen LogP contribution in [0.4, 0.5) is 4.79 Å². The summed E-state index contributed by atoms with van der Waals surface area (Å²) >= 11 is 1.84. The zero-order chi connectivity index (χ0) is 14.2. The van der Waals surface area contributed by atoms with Crippen LogP contribution in [-0.4, -0.2) is 35.8 Å². The van der Waals surface area contributed by atoms with E-state index in [-0.39, 0.29) is 12.6 Å². The quantitative estimate of drug-likeness (QED) is 0.670. The number of aryl methyl sites for hydroxylation is 3. The van der Waals surface area contributed by atoms with Gasteiger partial charge in [0.15, 0.2) is 0 Å². The first kappa shape index (κ1) is 15.3. The lowest BCUT2D eigenvalue weighted by Crippen LogP contribution is -2.36. The summed E-state index contributed by atoms with van der Waals surface area (Å²) in [4.78, 5) is 17.5. The number of nitrogens with zero attached hydrogens (tertiary/aromatic N) is 1. The SMILES string of the molecule is O=C(NCCCO)NCCCc1nc2c(s1)CCCC2. The van der Waals surface area contributed by atoms with E-state index in [4.69, 9.17) is 10.1 Å². The molecule has 112 valence electrons.